The molecular formula is C19H26O. The molecule has 108 valence electrons. The van der Waals surface area contributed by atoms with Crippen LogP contribution < -0.4 is 0 Å². The molecule has 0 unspecified atom stereocenters. The highest BCUT2D eigenvalue weighted by Gasteiger charge is 2.04. The Morgan fingerprint density at radius 1 is 0.850 bits per heavy atom. The molecule has 1 nitrogen and oxygen atoms in total. The summed E-state index contributed by atoms with van der Waals surface area (Å²) in [5.41, 5.74) is 1.61. The Kier molecular flexibility index (Phi) is 6.43. The van der Waals surface area contributed by atoms with Gasteiger partial charge in [-0.15, -0.1) is 0 Å². The van der Waals surface area contributed by atoms with E-state index in [0.29, 0.717) is 0 Å². The van der Waals surface area contributed by atoms with Gasteiger partial charge in [0, 0.05) is 0 Å². The minimum absolute atomic E-state index is 1.32. The van der Waals surface area contributed by atoms with Gasteiger partial charge in [0.05, 0.1) is 12.5 Å². The lowest BCUT2D eigenvalue weighted by Crippen LogP contribution is -1.97. The van der Waals surface area contributed by atoms with Crippen molar-refractivity contribution in [2.45, 2.75) is 58.3 Å². The second-order valence-corrected chi connectivity index (χ2v) is 5.54. The van der Waals surface area contributed by atoms with Gasteiger partial charge in [-0.1, -0.05) is 63.6 Å². The molecule has 1 aromatic rings. The summed E-state index contributed by atoms with van der Waals surface area (Å²) in [5, 5.41) is 3.05. The first-order valence-electron chi connectivity index (χ1n) is 8.02. The third-order valence-corrected chi connectivity index (χ3v) is 3.89. The zero-order valence-corrected chi connectivity index (χ0v) is 12.6. The van der Waals surface area contributed by atoms with E-state index >= 15 is 0 Å². The van der Waals surface area contributed by atoms with E-state index in [4.69, 9.17) is 0 Å². The van der Waals surface area contributed by atoms with E-state index in [0.717, 1.165) is 0 Å². The lowest BCUT2D eigenvalue weighted by molar-refractivity contribution is 0.567. The Labute approximate surface area is 122 Å². The summed E-state index contributed by atoms with van der Waals surface area (Å²) in [6, 6.07) is 10.5. The maximum atomic E-state index is 4.58. The second-order valence-electron chi connectivity index (χ2n) is 5.54. The summed E-state index contributed by atoms with van der Waals surface area (Å²) >= 11 is 0. The molecule has 0 atom stereocenters. The third-order valence-electron chi connectivity index (χ3n) is 3.89. The molecule has 0 saturated heterocycles. The Morgan fingerprint density at radius 3 is 2.00 bits per heavy atom. The molecule has 0 saturated carbocycles. The SMILES string of the molecule is CCCCCCCCCc1cc2ccc1=2.c1ccoc1. The van der Waals surface area contributed by atoms with E-state index in [1.54, 1.807) is 23.3 Å². The molecule has 1 heterocycles. The van der Waals surface area contributed by atoms with E-state index < -0.39 is 0 Å². The van der Waals surface area contributed by atoms with E-state index in [1.165, 1.54) is 56.6 Å². The smallest absolute Gasteiger partial charge is 0.0902 e. The molecule has 0 spiro atoms. The lowest BCUT2D eigenvalue weighted by Gasteiger charge is -2.10. The Morgan fingerprint density at radius 2 is 1.55 bits per heavy atom. The molecule has 0 amide bonds. The summed E-state index contributed by atoms with van der Waals surface area (Å²) in [4.78, 5) is 0. The fourth-order valence-corrected chi connectivity index (χ4v) is 2.58. The summed E-state index contributed by atoms with van der Waals surface area (Å²) in [6.45, 7) is 2.28. The summed E-state index contributed by atoms with van der Waals surface area (Å²) in [7, 11) is 0. The summed E-state index contributed by atoms with van der Waals surface area (Å²) < 4.78 is 4.58. The summed E-state index contributed by atoms with van der Waals surface area (Å²) in [5.74, 6) is 0. The van der Waals surface area contributed by atoms with E-state index in [9.17, 15) is 0 Å². The minimum Gasteiger partial charge on any atom is -0.473 e. The van der Waals surface area contributed by atoms with Crippen molar-refractivity contribution in [1.82, 2.24) is 0 Å². The van der Waals surface area contributed by atoms with E-state index in [2.05, 4.69) is 29.5 Å². The monoisotopic (exact) mass is 270 g/mol. The van der Waals surface area contributed by atoms with Crippen LogP contribution in [0, 0.1) is 10.4 Å². The number of furan rings is 1. The number of unbranched alkanes of at least 4 members (excludes halogenated alkanes) is 6. The van der Waals surface area contributed by atoms with Crippen LogP contribution in [0.4, 0.5) is 0 Å². The quantitative estimate of drug-likeness (QED) is 0.467. The van der Waals surface area contributed by atoms with Crippen LogP contribution in [-0.2, 0) is 6.42 Å². The Bertz CT molecular complexity index is 537. The van der Waals surface area contributed by atoms with Crippen molar-refractivity contribution in [1.29, 1.82) is 0 Å². The third kappa shape index (κ3) is 4.56. The van der Waals surface area contributed by atoms with Gasteiger partial charge in [0.15, 0.2) is 0 Å². The number of rotatable bonds is 8. The normalized spacial score (nSPS) is 10.8. The molecule has 0 aliphatic heterocycles. The molecule has 1 aromatic heterocycles. The molecule has 2 aliphatic carbocycles. The highest BCUT2D eigenvalue weighted by molar-refractivity contribution is 5.33. The number of benzene rings is 1. The highest BCUT2D eigenvalue weighted by Crippen LogP contribution is 2.18. The lowest BCUT2D eigenvalue weighted by atomic mass is 9.94. The van der Waals surface area contributed by atoms with E-state index in [-0.39, 0.29) is 0 Å². The average Bonchev–Trinajstić information content (AvgIpc) is 3.01. The van der Waals surface area contributed by atoms with Crippen molar-refractivity contribution in [2.24, 2.45) is 0 Å². The van der Waals surface area contributed by atoms with Gasteiger partial charge in [-0.25, -0.2) is 0 Å². The Balaban J connectivity index is 0.000000247. The second kappa shape index (κ2) is 8.63. The largest absolute Gasteiger partial charge is 0.473 e. The molecule has 2 aliphatic rings. The van der Waals surface area contributed by atoms with Crippen LogP contribution in [0.1, 0.15) is 57.4 Å². The van der Waals surface area contributed by atoms with Gasteiger partial charge in [-0.3, -0.25) is 0 Å². The predicted octanol–water partition coefficient (Wildman–Crippen LogP) is 5.86. The van der Waals surface area contributed by atoms with Gasteiger partial charge in [0.1, 0.15) is 0 Å². The molecule has 0 fully saturated rings. The van der Waals surface area contributed by atoms with E-state index in [1.807, 2.05) is 12.1 Å². The zero-order chi connectivity index (χ0) is 14.0. The zero-order valence-electron chi connectivity index (χ0n) is 12.6. The van der Waals surface area contributed by atoms with Crippen molar-refractivity contribution in [2.75, 3.05) is 0 Å². The van der Waals surface area contributed by atoms with Crippen LogP contribution in [0.2, 0.25) is 0 Å². The molecular weight excluding hydrogens is 244 g/mol. The minimum atomic E-state index is 1.32. The first-order valence-corrected chi connectivity index (χ1v) is 8.02. The van der Waals surface area contributed by atoms with Crippen LogP contribution in [0.15, 0.2) is 47.3 Å². The molecule has 1 heteroatoms. The van der Waals surface area contributed by atoms with Crippen LogP contribution >= 0.6 is 0 Å². The van der Waals surface area contributed by atoms with Gasteiger partial charge in [-0.2, -0.15) is 0 Å². The van der Waals surface area contributed by atoms with Gasteiger partial charge in [0.2, 0.25) is 0 Å². The standard InChI is InChI=1S/C15H22.C4H4O/c1-2-3-4-5-6-7-8-9-13-12-14-10-11-15(13)14;1-2-4-5-3-1/h10-12H,2-9H2,1H3;1-4H. The van der Waals surface area contributed by atoms with Crippen molar-refractivity contribution in [3.05, 3.63) is 58.9 Å². The summed E-state index contributed by atoms with van der Waals surface area (Å²) in [6.07, 6.45) is 14.5. The number of hydrogen-bond acceptors (Lipinski definition) is 1. The topological polar surface area (TPSA) is 13.1 Å². The fourth-order valence-electron chi connectivity index (χ4n) is 2.58. The predicted molar refractivity (Wildman–Crippen MR) is 84.5 cm³/mol. The van der Waals surface area contributed by atoms with Crippen molar-refractivity contribution < 1.29 is 4.42 Å². The first-order chi connectivity index (χ1) is 9.92. The van der Waals surface area contributed by atoms with Crippen LogP contribution in [0.3, 0.4) is 0 Å². The fraction of sp³-hybridized carbons (Fsp3) is 0.474. The molecule has 0 bridgehead atoms. The van der Waals surface area contributed by atoms with Crippen LogP contribution in [0.25, 0.3) is 0 Å². The van der Waals surface area contributed by atoms with Gasteiger partial charge in [0.25, 0.3) is 0 Å². The van der Waals surface area contributed by atoms with Crippen LogP contribution in [0.5, 0.6) is 0 Å². The number of hydrogen-bond donors (Lipinski definition) is 0. The maximum absolute atomic E-state index is 4.58. The number of aryl methyl sites for hydroxylation is 1. The molecule has 3 rings (SSSR count). The first kappa shape index (κ1) is 14.9. The van der Waals surface area contributed by atoms with Crippen molar-refractivity contribution in [3.63, 3.8) is 0 Å². The van der Waals surface area contributed by atoms with Gasteiger partial charge < -0.3 is 4.42 Å². The average molecular weight is 270 g/mol. The van der Waals surface area contributed by atoms with Crippen molar-refractivity contribution >= 4 is 0 Å². The highest BCUT2D eigenvalue weighted by atomic mass is 16.3. The van der Waals surface area contributed by atoms with Crippen molar-refractivity contribution in [3.8, 4) is 0 Å². The molecule has 0 N–H and O–H groups in total. The molecule has 0 aromatic carbocycles. The molecule has 20 heavy (non-hydrogen) atoms. The van der Waals surface area contributed by atoms with Gasteiger partial charge in [-0.05, 0) is 41.0 Å². The maximum Gasteiger partial charge on any atom is 0.0902 e. The van der Waals surface area contributed by atoms with Gasteiger partial charge >= 0.3 is 0 Å². The van der Waals surface area contributed by atoms with Crippen LogP contribution in [-0.4, -0.2) is 0 Å². The molecule has 0 radical (unpaired) electrons. The Hall–Kier alpha value is -1.50.